The predicted molar refractivity (Wildman–Crippen MR) is 80.3 cm³/mol. The van der Waals surface area contributed by atoms with Gasteiger partial charge in [-0.05, 0) is 29.8 Å². The summed E-state index contributed by atoms with van der Waals surface area (Å²) < 4.78 is 13.1. The number of halogens is 2. The molecule has 0 aliphatic heterocycles. The van der Waals surface area contributed by atoms with E-state index in [4.69, 9.17) is 11.6 Å². The van der Waals surface area contributed by atoms with Crippen LogP contribution in [0.15, 0.2) is 42.5 Å². The Morgan fingerprint density at radius 2 is 2.05 bits per heavy atom. The van der Waals surface area contributed by atoms with Crippen LogP contribution in [0.5, 0.6) is 0 Å². The van der Waals surface area contributed by atoms with Crippen molar-refractivity contribution < 1.29 is 14.1 Å². The summed E-state index contributed by atoms with van der Waals surface area (Å²) in [6.07, 6.45) is 0. The van der Waals surface area contributed by atoms with Gasteiger partial charge in [-0.1, -0.05) is 23.7 Å². The molecule has 22 heavy (non-hydrogen) atoms. The lowest BCUT2D eigenvalue weighted by atomic mass is 10.1. The number of nitro groups is 1. The number of carbonyl (C=O) groups is 1. The molecule has 0 heterocycles. The van der Waals surface area contributed by atoms with E-state index in [2.05, 4.69) is 0 Å². The van der Waals surface area contributed by atoms with Crippen molar-refractivity contribution in [1.82, 2.24) is 4.90 Å². The molecule has 114 valence electrons. The van der Waals surface area contributed by atoms with Crippen LogP contribution in [-0.2, 0) is 6.54 Å². The molecule has 0 saturated carbocycles. The van der Waals surface area contributed by atoms with Crippen LogP contribution >= 0.6 is 11.6 Å². The summed E-state index contributed by atoms with van der Waals surface area (Å²) in [5.74, 6) is -0.941. The third-order valence-corrected chi connectivity index (χ3v) is 3.28. The zero-order chi connectivity index (χ0) is 16.3. The molecule has 2 aromatic carbocycles. The summed E-state index contributed by atoms with van der Waals surface area (Å²) >= 11 is 5.72. The van der Waals surface area contributed by atoms with Gasteiger partial charge in [-0.15, -0.1) is 0 Å². The minimum Gasteiger partial charge on any atom is -0.337 e. The largest absolute Gasteiger partial charge is 0.337 e. The lowest BCUT2D eigenvalue weighted by molar-refractivity contribution is -0.385. The monoisotopic (exact) mass is 322 g/mol. The highest BCUT2D eigenvalue weighted by Crippen LogP contribution is 2.24. The Hall–Kier alpha value is -2.47. The molecule has 0 aromatic heterocycles. The average Bonchev–Trinajstić information content (AvgIpc) is 2.46. The first-order valence-electron chi connectivity index (χ1n) is 6.32. The van der Waals surface area contributed by atoms with Gasteiger partial charge in [-0.25, -0.2) is 4.39 Å². The molecule has 5 nitrogen and oxygen atoms in total. The van der Waals surface area contributed by atoms with Gasteiger partial charge in [0.15, 0.2) is 0 Å². The molecule has 0 unspecified atom stereocenters. The van der Waals surface area contributed by atoms with Gasteiger partial charge in [0.2, 0.25) is 0 Å². The molecule has 2 rings (SSSR count). The first kappa shape index (κ1) is 15.9. The van der Waals surface area contributed by atoms with E-state index in [0.29, 0.717) is 5.56 Å². The van der Waals surface area contributed by atoms with Crippen LogP contribution in [0.25, 0.3) is 0 Å². The maximum Gasteiger partial charge on any atom is 0.283 e. The molecule has 0 atom stereocenters. The van der Waals surface area contributed by atoms with Crippen LogP contribution in [0.3, 0.4) is 0 Å². The van der Waals surface area contributed by atoms with Gasteiger partial charge in [0, 0.05) is 24.7 Å². The van der Waals surface area contributed by atoms with Crippen LogP contribution in [-0.4, -0.2) is 22.8 Å². The molecule has 7 heteroatoms. The number of hydrogen-bond acceptors (Lipinski definition) is 3. The topological polar surface area (TPSA) is 63.5 Å². The van der Waals surface area contributed by atoms with E-state index in [1.807, 2.05) is 0 Å². The van der Waals surface area contributed by atoms with Gasteiger partial charge in [0.1, 0.15) is 11.4 Å². The predicted octanol–water partition coefficient (Wildman–Crippen LogP) is 3.66. The van der Waals surface area contributed by atoms with Crippen molar-refractivity contribution in [3.05, 3.63) is 74.5 Å². The van der Waals surface area contributed by atoms with Gasteiger partial charge in [-0.3, -0.25) is 14.9 Å². The zero-order valence-corrected chi connectivity index (χ0v) is 12.4. The standard InChI is InChI=1S/C15H12ClFN2O3/c1-18(9-10-3-2-4-12(17)7-10)15(20)13-6-5-11(16)8-14(13)19(21)22/h2-8H,9H2,1H3. The van der Waals surface area contributed by atoms with Gasteiger partial charge in [0.25, 0.3) is 11.6 Å². The van der Waals surface area contributed by atoms with E-state index >= 15 is 0 Å². The summed E-state index contributed by atoms with van der Waals surface area (Å²) in [4.78, 5) is 24.0. The molecule has 1 amide bonds. The highest BCUT2D eigenvalue weighted by atomic mass is 35.5. The maximum atomic E-state index is 13.1. The molecule has 0 aliphatic carbocycles. The van der Waals surface area contributed by atoms with E-state index in [-0.39, 0.29) is 22.8 Å². The molecule has 0 saturated heterocycles. The summed E-state index contributed by atoms with van der Waals surface area (Å²) in [7, 11) is 1.49. The van der Waals surface area contributed by atoms with Crippen LogP contribution in [0, 0.1) is 15.9 Å². The van der Waals surface area contributed by atoms with Crippen molar-refractivity contribution in [3.8, 4) is 0 Å². The second kappa shape index (κ2) is 6.53. The van der Waals surface area contributed by atoms with E-state index in [1.54, 1.807) is 6.07 Å². The molecule has 0 bridgehead atoms. The number of carbonyl (C=O) groups excluding carboxylic acids is 1. The number of hydrogen-bond donors (Lipinski definition) is 0. The fourth-order valence-corrected chi connectivity index (χ4v) is 2.19. The number of rotatable bonds is 4. The third kappa shape index (κ3) is 3.59. The minimum atomic E-state index is -0.658. The fourth-order valence-electron chi connectivity index (χ4n) is 2.02. The van der Waals surface area contributed by atoms with Crippen molar-refractivity contribution in [1.29, 1.82) is 0 Å². The van der Waals surface area contributed by atoms with Gasteiger partial charge < -0.3 is 4.90 Å². The van der Waals surface area contributed by atoms with Gasteiger partial charge in [0.05, 0.1) is 4.92 Å². The van der Waals surface area contributed by atoms with Crippen molar-refractivity contribution in [3.63, 3.8) is 0 Å². The highest BCUT2D eigenvalue weighted by Gasteiger charge is 2.23. The molecule has 0 aliphatic rings. The van der Waals surface area contributed by atoms with E-state index in [0.717, 1.165) is 6.07 Å². The van der Waals surface area contributed by atoms with E-state index < -0.39 is 16.6 Å². The first-order chi connectivity index (χ1) is 10.4. The van der Waals surface area contributed by atoms with E-state index in [9.17, 15) is 19.3 Å². The Balaban J connectivity index is 2.26. The SMILES string of the molecule is CN(Cc1cccc(F)c1)C(=O)c1ccc(Cl)cc1[N+](=O)[O-]. The summed E-state index contributed by atoms with van der Waals surface area (Å²) in [6, 6.07) is 9.67. The molecule has 0 N–H and O–H groups in total. The Morgan fingerprint density at radius 1 is 1.32 bits per heavy atom. The Morgan fingerprint density at radius 3 is 2.68 bits per heavy atom. The van der Waals surface area contributed by atoms with Crippen LogP contribution in [0.4, 0.5) is 10.1 Å². The number of nitro benzene ring substituents is 1. The molecule has 0 fully saturated rings. The maximum absolute atomic E-state index is 13.1. The lowest BCUT2D eigenvalue weighted by Crippen LogP contribution is -2.26. The molecule has 2 aromatic rings. The van der Waals surface area contributed by atoms with Crippen molar-refractivity contribution in [2.45, 2.75) is 6.54 Å². The molecule has 0 radical (unpaired) electrons. The van der Waals surface area contributed by atoms with Crippen molar-refractivity contribution in [2.75, 3.05) is 7.05 Å². The zero-order valence-electron chi connectivity index (χ0n) is 11.6. The number of amides is 1. The molecular formula is C15H12ClFN2O3. The fraction of sp³-hybridized carbons (Fsp3) is 0.133. The normalized spacial score (nSPS) is 10.3. The van der Waals surface area contributed by atoms with Crippen molar-refractivity contribution >= 4 is 23.2 Å². The molecule has 0 spiro atoms. The van der Waals surface area contributed by atoms with Gasteiger partial charge in [-0.2, -0.15) is 0 Å². The minimum absolute atomic E-state index is 0.0618. The van der Waals surface area contributed by atoms with Crippen LogP contribution < -0.4 is 0 Å². The summed E-state index contributed by atoms with van der Waals surface area (Å²) in [5, 5.41) is 11.2. The van der Waals surface area contributed by atoms with Gasteiger partial charge >= 0.3 is 0 Å². The highest BCUT2D eigenvalue weighted by molar-refractivity contribution is 6.31. The van der Waals surface area contributed by atoms with Crippen LogP contribution in [0.2, 0.25) is 5.02 Å². The second-order valence-electron chi connectivity index (χ2n) is 4.71. The number of benzene rings is 2. The number of nitrogens with zero attached hydrogens (tertiary/aromatic N) is 2. The Labute approximate surface area is 131 Å². The van der Waals surface area contributed by atoms with E-state index in [1.165, 1.54) is 42.3 Å². The average molecular weight is 323 g/mol. The summed E-state index contributed by atoms with van der Waals surface area (Å²) in [6.45, 7) is 0.135. The van der Waals surface area contributed by atoms with Crippen molar-refractivity contribution in [2.24, 2.45) is 0 Å². The third-order valence-electron chi connectivity index (χ3n) is 3.04. The lowest BCUT2D eigenvalue weighted by Gasteiger charge is -2.17. The molecular weight excluding hydrogens is 311 g/mol. The quantitative estimate of drug-likeness (QED) is 0.637. The second-order valence-corrected chi connectivity index (χ2v) is 5.15. The first-order valence-corrected chi connectivity index (χ1v) is 6.70. The summed E-state index contributed by atoms with van der Waals surface area (Å²) in [5.41, 5.74) is 0.171. The van der Waals surface area contributed by atoms with Crippen LogP contribution in [0.1, 0.15) is 15.9 Å². The Bertz CT molecular complexity index is 736. The Kier molecular flexibility index (Phi) is 4.72. The smallest absolute Gasteiger partial charge is 0.283 e.